The van der Waals surface area contributed by atoms with E-state index in [1.165, 1.54) is 4.70 Å². The molecule has 0 fully saturated rings. The smallest absolute Gasteiger partial charge is 0.160 e. The van der Waals surface area contributed by atoms with Crippen molar-refractivity contribution in [3.8, 4) is 11.3 Å². The summed E-state index contributed by atoms with van der Waals surface area (Å²) in [5.41, 5.74) is 9.97. The molecular formula is C45H47N3S. The van der Waals surface area contributed by atoms with Crippen LogP contribution in [-0.2, 0) is 0 Å². The Kier molecular flexibility index (Phi) is 15.0. The lowest BCUT2D eigenvalue weighted by Gasteiger charge is -2.08. The average Bonchev–Trinajstić information content (AvgIpc) is 3.55. The highest BCUT2D eigenvalue weighted by atomic mass is 32.1. The van der Waals surface area contributed by atoms with E-state index in [0.29, 0.717) is 5.82 Å². The summed E-state index contributed by atoms with van der Waals surface area (Å²) in [6.07, 6.45) is 5.39. The molecule has 0 bridgehead atoms. The van der Waals surface area contributed by atoms with Crippen LogP contribution in [0.25, 0.3) is 48.4 Å². The highest BCUT2D eigenvalue weighted by molar-refractivity contribution is 7.26. The molecule has 2 heterocycles. The Morgan fingerprint density at radius 1 is 0.673 bits per heavy atom. The third kappa shape index (κ3) is 9.79. The van der Waals surface area contributed by atoms with E-state index in [-0.39, 0.29) is 0 Å². The number of nitrogens with zero attached hydrogens (tertiary/aromatic N) is 3. The van der Waals surface area contributed by atoms with E-state index in [9.17, 15) is 0 Å². The third-order valence-corrected chi connectivity index (χ3v) is 8.41. The quantitative estimate of drug-likeness (QED) is 0.120. The van der Waals surface area contributed by atoms with Crippen LogP contribution in [0.2, 0.25) is 0 Å². The van der Waals surface area contributed by atoms with Crippen LogP contribution >= 0.6 is 11.3 Å². The van der Waals surface area contributed by atoms with Gasteiger partial charge in [-0.1, -0.05) is 181 Å². The normalized spacial score (nSPS) is 10.8. The van der Waals surface area contributed by atoms with Crippen LogP contribution in [0, 0.1) is 0 Å². The van der Waals surface area contributed by atoms with E-state index < -0.39 is 0 Å². The minimum atomic E-state index is 0.657. The van der Waals surface area contributed by atoms with Gasteiger partial charge in [0.2, 0.25) is 0 Å². The number of aromatic nitrogens is 2. The summed E-state index contributed by atoms with van der Waals surface area (Å²) in [6.45, 7) is 27.8. The molecule has 0 aliphatic heterocycles. The summed E-state index contributed by atoms with van der Waals surface area (Å²) in [7, 11) is 0. The fraction of sp³-hybridized carbons (Fsp3) is 0.133. The van der Waals surface area contributed by atoms with Gasteiger partial charge >= 0.3 is 0 Å². The van der Waals surface area contributed by atoms with Crippen LogP contribution < -0.4 is 0 Å². The van der Waals surface area contributed by atoms with Gasteiger partial charge in [0.15, 0.2) is 5.82 Å². The molecule has 6 rings (SSSR count). The van der Waals surface area contributed by atoms with Crippen molar-refractivity contribution in [3.05, 3.63) is 176 Å². The largest absolute Gasteiger partial charge is 0.253 e. The van der Waals surface area contributed by atoms with E-state index in [2.05, 4.69) is 85.9 Å². The average molecular weight is 662 g/mol. The van der Waals surface area contributed by atoms with Crippen molar-refractivity contribution in [2.75, 3.05) is 0 Å². The molecule has 6 aromatic rings. The predicted octanol–water partition coefficient (Wildman–Crippen LogP) is 13.5. The summed E-state index contributed by atoms with van der Waals surface area (Å²) in [6, 6.07) is 36.9. The van der Waals surface area contributed by atoms with Gasteiger partial charge < -0.3 is 0 Å². The molecule has 4 heteroatoms. The molecule has 4 aromatic carbocycles. The molecule has 0 aliphatic rings. The maximum atomic E-state index is 4.92. The lowest BCUT2D eigenvalue weighted by Crippen LogP contribution is -1.96. The molecule has 0 unspecified atom stereocenters. The van der Waals surface area contributed by atoms with E-state index in [1.807, 2.05) is 102 Å². The fourth-order valence-electron chi connectivity index (χ4n) is 4.83. The zero-order valence-corrected chi connectivity index (χ0v) is 30.5. The lowest BCUT2D eigenvalue weighted by atomic mass is 10.0. The Morgan fingerprint density at radius 2 is 1.24 bits per heavy atom. The summed E-state index contributed by atoms with van der Waals surface area (Å²) < 4.78 is 2.30. The Balaban J connectivity index is 0.000000265. The zero-order chi connectivity index (χ0) is 35.8. The molecule has 0 amide bonds. The maximum Gasteiger partial charge on any atom is 0.160 e. The van der Waals surface area contributed by atoms with Crippen molar-refractivity contribution in [1.29, 1.82) is 0 Å². The first-order valence-electron chi connectivity index (χ1n) is 16.7. The van der Waals surface area contributed by atoms with Crippen molar-refractivity contribution >= 4 is 54.2 Å². The molecule has 49 heavy (non-hydrogen) atoms. The number of hydrogen-bond acceptors (Lipinski definition) is 4. The Hall–Kier alpha value is -5.45. The van der Waals surface area contributed by atoms with E-state index in [0.717, 1.165) is 66.1 Å². The Labute approximate surface area is 297 Å². The van der Waals surface area contributed by atoms with Crippen LogP contribution in [0.1, 0.15) is 64.1 Å². The molecule has 2 aromatic heterocycles. The number of fused-ring (bicyclic) bond motifs is 3. The minimum Gasteiger partial charge on any atom is -0.253 e. The number of thiophene rings is 1. The number of benzene rings is 4. The molecule has 0 radical (unpaired) electrons. The van der Waals surface area contributed by atoms with Crippen LogP contribution in [0.5, 0.6) is 0 Å². The van der Waals surface area contributed by atoms with Gasteiger partial charge in [0.05, 0.1) is 21.6 Å². The SMILES string of the molecule is C=C(N=C(C)c1ccccc1)c1ccccc1.C=C/C=C(\C=C)c1nc(-c2ccc(C(=C)C)cc2)c2sc3ccccc3c2n1.CC.CC. The summed E-state index contributed by atoms with van der Waals surface area (Å²) in [5.74, 6) is 0.657. The van der Waals surface area contributed by atoms with Crippen molar-refractivity contribution < 1.29 is 0 Å². The van der Waals surface area contributed by atoms with Gasteiger partial charge in [-0.05, 0) is 36.6 Å². The molecule has 0 aliphatic carbocycles. The Morgan fingerprint density at radius 3 is 1.82 bits per heavy atom. The molecule has 3 nitrogen and oxygen atoms in total. The highest BCUT2D eigenvalue weighted by Gasteiger charge is 2.16. The molecule has 0 N–H and O–H groups in total. The number of allylic oxidation sites excluding steroid dienone is 5. The summed E-state index contributed by atoms with van der Waals surface area (Å²) in [4.78, 5) is 14.3. The monoisotopic (exact) mass is 661 g/mol. The highest BCUT2D eigenvalue weighted by Crippen LogP contribution is 2.39. The van der Waals surface area contributed by atoms with Crippen molar-refractivity contribution in [3.63, 3.8) is 0 Å². The van der Waals surface area contributed by atoms with Crippen molar-refractivity contribution in [2.45, 2.75) is 41.5 Å². The lowest BCUT2D eigenvalue weighted by molar-refractivity contribution is 1.18. The topological polar surface area (TPSA) is 38.1 Å². The second kappa shape index (κ2) is 19.4. The van der Waals surface area contributed by atoms with Gasteiger partial charge in [0.25, 0.3) is 0 Å². The first kappa shape index (κ1) is 38.0. The summed E-state index contributed by atoms with van der Waals surface area (Å²) in [5, 5.41) is 1.15. The standard InChI is InChI=1S/C25H20N2S.C16H15N.2C2H6/c1-5-9-17(6-2)25-26-22(19-14-12-18(13-15-19)16(3)4)24-23(27-25)20-10-7-8-11-21(20)28-24;1-13(15-9-5-3-6-10-15)17-14(2)16-11-7-4-8-12-16;2*1-2/h5-15H,1-3H2,4H3;3-12H,1H2,2H3;2*1-2H3/b17-9+;;;. The van der Waals surface area contributed by atoms with Gasteiger partial charge in [0, 0.05) is 26.9 Å². The van der Waals surface area contributed by atoms with Crippen LogP contribution in [-0.4, -0.2) is 15.7 Å². The first-order chi connectivity index (χ1) is 23.9. The molecule has 0 saturated carbocycles. The minimum absolute atomic E-state index is 0.657. The second-order valence-electron chi connectivity index (χ2n) is 10.5. The summed E-state index contributed by atoms with van der Waals surface area (Å²) >= 11 is 1.73. The number of rotatable bonds is 8. The number of hydrogen-bond donors (Lipinski definition) is 0. The maximum absolute atomic E-state index is 4.92. The van der Waals surface area contributed by atoms with Crippen LogP contribution in [0.3, 0.4) is 0 Å². The molecular weight excluding hydrogens is 615 g/mol. The third-order valence-electron chi connectivity index (χ3n) is 7.25. The Bertz CT molecular complexity index is 2060. The van der Waals surface area contributed by atoms with Crippen LogP contribution in [0.4, 0.5) is 0 Å². The molecule has 0 spiro atoms. The van der Waals surface area contributed by atoms with Gasteiger partial charge in [0.1, 0.15) is 0 Å². The van der Waals surface area contributed by atoms with Gasteiger partial charge in [-0.15, -0.1) is 11.3 Å². The van der Waals surface area contributed by atoms with E-state index in [1.54, 1.807) is 23.5 Å². The van der Waals surface area contributed by atoms with Crippen molar-refractivity contribution in [2.24, 2.45) is 4.99 Å². The van der Waals surface area contributed by atoms with Crippen molar-refractivity contribution in [1.82, 2.24) is 9.97 Å². The van der Waals surface area contributed by atoms with Gasteiger partial charge in [-0.25, -0.2) is 9.97 Å². The molecule has 0 saturated heterocycles. The fourth-order valence-corrected chi connectivity index (χ4v) is 5.98. The number of aliphatic imine (C=N–C) groups is 1. The zero-order valence-electron chi connectivity index (χ0n) is 29.7. The van der Waals surface area contributed by atoms with Gasteiger partial charge in [-0.2, -0.15) is 0 Å². The second-order valence-corrected chi connectivity index (χ2v) is 11.5. The van der Waals surface area contributed by atoms with E-state index >= 15 is 0 Å². The molecule has 0 atom stereocenters. The van der Waals surface area contributed by atoms with Crippen LogP contribution in [0.15, 0.2) is 159 Å². The van der Waals surface area contributed by atoms with E-state index in [4.69, 9.17) is 9.97 Å². The first-order valence-corrected chi connectivity index (χ1v) is 17.5. The van der Waals surface area contributed by atoms with Gasteiger partial charge in [-0.3, -0.25) is 4.99 Å². The predicted molar refractivity (Wildman–Crippen MR) is 220 cm³/mol. The molecule has 248 valence electrons.